The number of nitrogens with zero attached hydrogens (tertiary/aromatic N) is 1. The van der Waals surface area contributed by atoms with Crippen LogP contribution in [0.15, 0.2) is 65.5 Å². The molecule has 2 heterocycles. The Labute approximate surface area is 157 Å². The highest BCUT2D eigenvalue weighted by atomic mass is 16.3. The zero-order valence-corrected chi connectivity index (χ0v) is 15.1. The van der Waals surface area contributed by atoms with Gasteiger partial charge in [-0.3, -0.25) is 9.59 Å². The minimum absolute atomic E-state index is 0.0476. The number of furan rings is 1. The molecule has 1 aliphatic rings. The summed E-state index contributed by atoms with van der Waals surface area (Å²) >= 11 is 0. The molecule has 1 N–H and O–H groups in total. The molecule has 0 radical (unpaired) electrons. The van der Waals surface area contributed by atoms with Crippen molar-refractivity contribution in [3.05, 3.63) is 83.3 Å². The number of carbonyl (C=O) groups excluding carboxylic acids is 2. The summed E-state index contributed by atoms with van der Waals surface area (Å²) in [6.07, 6.45) is 4.06. The van der Waals surface area contributed by atoms with Crippen molar-refractivity contribution >= 4 is 23.2 Å². The molecular formula is C22H20N2O3. The molecule has 5 heteroatoms. The topological polar surface area (TPSA) is 62.6 Å². The van der Waals surface area contributed by atoms with Gasteiger partial charge in [-0.05, 0) is 54.3 Å². The average molecular weight is 360 g/mol. The fourth-order valence-electron chi connectivity index (χ4n) is 3.42. The van der Waals surface area contributed by atoms with E-state index in [0.717, 1.165) is 34.5 Å². The normalized spacial score (nSPS) is 12.7. The van der Waals surface area contributed by atoms with E-state index < -0.39 is 0 Å². The molecule has 0 spiro atoms. The van der Waals surface area contributed by atoms with Crippen molar-refractivity contribution < 1.29 is 14.0 Å². The van der Waals surface area contributed by atoms with E-state index in [1.165, 1.54) is 12.5 Å². The van der Waals surface area contributed by atoms with Crippen LogP contribution in [0, 0.1) is 6.92 Å². The highest BCUT2D eigenvalue weighted by molar-refractivity contribution is 6.07. The number of anilines is 2. The molecule has 1 aromatic heterocycles. The van der Waals surface area contributed by atoms with Gasteiger partial charge in [-0.2, -0.15) is 0 Å². The number of nitrogens with one attached hydrogen (secondary N) is 1. The summed E-state index contributed by atoms with van der Waals surface area (Å²) in [7, 11) is 0. The molecule has 0 unspecified atom stereocenters. The van der Waals surface area contributed by atoms with Gasteiger partial charge in [-0.25, -0.2) is 0 Å². The summed E-state index contributed by atoms with van der Waals surface area (Å²) in [6, 6.07) is 15.2. The molecule has 3 aromatic rings. The first-order valence-electron chi connectivity index (χ1n) is 8.93. The summed E-state index contributed by atoms with van der Waals surface area (Å²) in [5.41, 5.74) is 5.37. The molecular weight excluding hydrogens is 340 g/mol. The van der Waals surface area contributed by atoms with Crippen LogP contribution in [0.25, 0.3) is 0 Å². The van der Waals surface area contributed by atoms with Crippen LogP contribution in [0.1, 0.15) is 27.0 Å². The number of benzene rings is 2. The predicted octanol–water partition coefficient (Wildman–Crippen LogP) is 3.97. The van der Waals surface area contributed by atoms with Crippen LogP contribution in [0.4, 0.5) is 11.4 Å². The van der Waals surface area contributed by atoms with E-state index in [9.17, 15) is 9.59 Å². The predicted molar refractivity (Wildman–Crippen MR) is 104 cm³/mol. The molecule has 0 saturated heterocycles. The van der Waals surface area contributed by atoms with Crippen LogP contribution < -0.4 is 10.2 Å². The number of fused-ring (bicyclic) bond motifs is 1. The van der Waals surface area contributed by atoms with Crippen molar-refractivity contribution in [1.29, 1.82) is 0 Å². The summed E-state index contributed by atoms with van der Waals surface area (Å²) in [5, 5.41) is 2.96. The van der Waals surface area contributed by atoms with Crippen molar-refractivity contribution in [2.24, 2.45) is 0 Å². The lowest BCUT2D eigenvalue weighted by molar-refractivity contribution is -0.115. The fourth-order valence-corrected chi connectivity index (χ4v) is 3.42. The van der Waals surface area contributed by atoms with E-state index >= 15 is 0 Å². The lowest BCUT2D eigenvalue weighted by Crippen LogP contribution is -2.28. The maximum absolute atomic E-state index is 12.6. The Hall–Kier alpha value is -3.34. The van der Waals surface area contributed by atoms with Gasteiger partial charge in [0.25, 0.3) is 5.91 Å². The van der Waals surface area contributed by atoms with Crippen LogP contribution in [-0.4, -0.2) is 18.4 Å². The quantitative estimate of drug-likeness (QED) is 0.766. The van der Waals surface area contributed by atoms with E-state index in [4.69, 9.17) is 4.42 Å². The van der Waals surface area contributed by atoms with Crippen molar-refractivity contribution in [2.75, 3.05) is 16.8 Å². The van der Waals surface area contributed by atoms with Gasteiger partial charge in [0, 0.05) is 17.9 Å². The lowest BCUT2D eigenvalue weighted by atomic mass is 10.1. The summed E-state index contributed by atoms with van der Waals surface area (Å²) in [4.78, 5) is 26.7. The van der Waals surface area contributed by atoms with E-state index in [2.05, 4.69) is 5.32 Å². The van der Waals surface area contributed by atoms with Crippen LogP contribution in [0.5, 0.6) is 0 Å². The molecule has 136 valence electrons. The second-order valence-corrected chi connectivity index (χ2v) is 6.71. The molecule has 0 atom stereocenters. The number of aryl methyl sites for hydroxylation is 1. The van der Waals surface area contributed by atoms with E-state index in [0.29, 0.717) is 18.5 Å². The van der Waals surface area contributed by atoms with Crippen molar-refractivity contribution in [3.8, 4) is 0 Å². The molecule has 0 saturated carbocycles. The van der Waals surface area contributed by atoms with Gasteiger partial charge in [0.05, 0.1) is 18.2 Å². The van der Waals surface area contributed by atoms with Gasteiger partial charge in [0.1, 0.15) is 6.26 Å². The molecule has 2 amide bonds. The Bertz CT molecular complexity index is 993. The molecule has 2 aromatic carbocycles. The third-order valence-electron chi connectivity index (χ3n) is 4.88. The number of amides is 2. The first kappa shape index (κ1) is 17.1. The zero-order chi connectivity index (χ0) is 18.8. The maximum atomic E-state index is 12.6. The highest BCUT2D eigenvalue weighted by Gasteiger charge is 2.26. The molecule has 27 heavy (non-hydrogen) atoms. The second kappa shape index (κ2) is 7.11. The van der Waals surface area contributed by atoms with Crippen molar-refractivity contribution in [1.82, 2.24) is 0 Å². The van der Waals surface area contributed by atoms with Crippen molar-refractivity contribution in [3.63, 3.8) is 0 Å². The van der Waals surface area contributed by atoms with Gasteiger partial charge in [0.2, 0.25) is 5.91 Å². The van der Waals surface area contributed by atoms with E-state index in [-0.39, 0.29) is 11.8 Å². The minimum atomic E-state index is -0.0705. The largest absolute Gasteiger partial charge is 0.472 e. The van der Waals surface area contributed by atoms with Gasteiger partial charge in [0.15, 0.2) is 0 Å². The number of rotatable bonds is 4. The van der Waals surface area contributed by atoms with E-state index in [1.54, 1.807) is 11.0 Å². The fraction of sp³-hybridized carbons (Fsp3) is 0.182. The van der Waals surface area contributed by atoms with Crippen molar-refractivity contribution in [2.45, 2.75) is 19.8 Å². The molecule has 4 rings (SSSR count). The van der Waals surface area contributed by atoms with Crippen LogP contribution in [0.2, 0.25) is 0 Å². The van der Waals surface area contributed by atoms with E-state index in [1.807, 2.05) is 49.4 Å². The smallest absolute Gasteiger partial charge is 0.261 e. The number of hydrogen-bond acceptors (Lipinski definition) is 3. The SMILES string of the molecule is Cc1ccccc1CC(=O)Nc1ccc2c(c1)CCN2C(=O)c1ccoc1. The number of hydrogen-bond donors (Lipinski definition) is 1. The zero-order valence-electron chi connectivity index (χ0n) is 15.1. The van der Waals surface area contributed by atoms with Gasteiger partial charge >= 0.3 is 0 Å². The Balaban J connectivity index is 1.47. The third-order valence-corrected chi connectivity index (χ3v) is 4.88. The summed E-state index contributed by atoms with van der Waals surface area (Å²) in [6.45, 7) is 2.63. The van der Waals surface area contributed by atoms with Crippen LogP contribution in [-0.2, 0) is 17.6 Å². The highest BCUT2D eigenvalue weighted by Crippen LogP contribution is 2.31. The summed E-state index contributed by atoms with van der Waals surface area (Å²) < 4.78 is 5.01. The monoisotopic (exact) mass is 360 g/mol. The first-order valence-corrected chi connectivity index (χ1v) is 8.93. The third kappa shape index (κ3) is 3.49. The first-order chi connectivity index (χ1) is 13.1. The van der Waals surface area contributed by atoms with Gasteiger partial charge in [-0.15, -0.1) is 0 Å². The summed E-state index contributed by atoms with van der Waals surface area (Å²) in [5.74, 6) is -0.118. The second-order valence-electron chi connectivity index (χ2n) is 6.71. The Kier molecular flexibility index (Phi) is 4.50. The maximum Gasteiger partial charge on any atom is 0.261 e. The standard InChI is InChI=1S/C22H20N2O3/c1-15-4-2-3-5-16(15)13-21(25)23-19-6-7-20-17(12-19)8-10-24(20)22(26)18-9-11-27-14-18/h2-7,9,11-12,14H,8,10,13H2,1H3,(H,23,25). The van der Waals surface area contributed by atoms with Crippen LogP contribution in [0.3, 0.4) is 0 Å². The molecule has 0 aliphatic carbocycles. The average Bonchev–Trinajstić information content (AvgIpc) is 3.32. The molecule has 0 bridgehead atoms. The van der Waals surface area contributed by atoms with Crippen LogP contribution >= 0.6 is 0 Å². The molecule has 1 aliphatic heterocycles. The van der Waals surface area contributed by atoms with Gasteiger partial charge in [-0.1, -0.05) is 24.3 Å². The van der Waals surface area contributed by atoms with Gasteiger partial charge < -0.3 is 14.6 Å². The number of carbonyl (C=O) groups is 2. The Morgan fingerprint density at radius 1 is 1.15 bits per heavy atom. The molecule has 0 fully saturated rings. The lowest BCUT2D eigenvalue weighted by Gasteiger charge is -2.16. The minimum Gasteiger partial charge on any atom is -0.472 e. The Morgan fingerprint density at radius 3 is 2.78 bits per heavy atom. The molecule has 5 nitrogen and oxygen atoms in total. The Morgan fingerprint density at radius 2 is 2.00 bits per heavy atom.